The maximum absolute atomic E-state index is 13.1. The average molecular weight is 351 g/mol. The summed E-state index contributed by atoms with van der Waals surface area (Å²) in [4.78, 5) is 33.3. The molecule has 2 amide bonds. The summed E-state index contributed by atoms with van der Waals surface area (Å²) in [6.45, 7) is 6.62. The third-order valence-corrected chi connectivity index (χ3v) is 6.46. The van der Waals surface area contributed by atoms with Crippen molar-refractivity contribution in [1.29, 1.82) is 0 Å². The topological polar surface area (TPSA) is 73.1 Å². The third kappa shape index (κ3) is 4.15. The fourth-order valence-electron chi connectivity index (χ4n) is 4.70. The van der Waals surface area contributed by atoms with Crippen LogP contribution in [0.5, 0.6) is 0 Å². The molecule has 0 unspecified atom stereocenters. The molecular formula is C18H33N5O2. The molecule has 0 radical (unpaired) electrons. The molecule has 7 nitrogen and oxygen atoms in total. The number of hydrogen-bond acceptors (Lipinski definition) is 5. The smallest absolute Gasteiger partial charge is 0.231 e. The predicted octanol–water partition coefficient (Wildman–Crippen LogP) is -0.578. The van der Waals surface area contributed by atoms with Crippen LogP contribution in [0.2, 0.25) is 0 Å². The summed E-state index contributed by atoms with van der Waals surface area (Å²) in [5, 5.41) is 0. The Bertz CT molecular complexity index is 504. The van der Waals surface area contributed by atoms with Gasteiger partial charge in [-0.25, -0.2) is 0 Å². The van der Waals surface area contributed by atoms with Crippen LogP contribution in [-0.2, 0) is 9.59 Å². The molecule has 0 aromatic carbocycles. The van der Waals surface area contributed by atoms with Crippen molar-refractivity contribution >= 4 is 11.8 Å². The van der Waals surface area contributed by atoms with Gasteiger partial charge in [0.15, 0.2) is 0 Å². The molecule has 3 heterocycles. The molecular weight excluding hydrogens is 318 g/mol. The zero-order chi connectivity index (χ0) is 18.0. The summed E-state index contributed by atoms with van der Waals surface area (Å²) in [5.41, 5.74) is 5.46. The SMILES string of the molecule is CN1CCC2(CC1)CN(C(=O)[C@@H]1CCCN(CC(N)=O)C1)CCN2C. The van der Waals surface area contributed by atoms with Gasteiger partial charge in [-0.15, -0.1) is 0 Å². The van der Waals surface area contributed by atoms with E-state index in [9.17, 15) is 9.59 Å². The van der Waals surface area contributed by atoms with E-state index >= 15 is 0 Å². The van der Waals surface area contributed by atoms with Gasteiger partial charge in [0, 0.05) is 31.7 Å². The Morgan fingerprint density at radius 3 is 2.48 bits per heavy atom. The molecule has 0 saturated carbocycles. The van der Waals surface area contributed by atoms with Gasteiger partial charge in [-0.1, -0.05) is 0 Å². The van der Waals surface area contributed by atoms with Gasteiger partial charge in [0.1, 0.15) is 0 Å². The van der Waals surface area contributed by atoms with Crippen molar-refractivity contribution in [2.24, 2.45) is 11.7 Å². The first-order valence-corrected chi connectivity index (χ1v) is 9.59. The molecule has 3 saturated heterocycles. The maximum atomic E-state index is 13.1. The Hall–Kier alpha value is -1.18. The lowest BCUT2D eigenvalue weighted by Crippen LogP contribution is -2.65. The fraction of sp³-hybridized carbons (Fsp3) is 0.889. The van der Waals surface area contributed by atoms with Crippen molar-refractivity contribution < 1.29 is 9.59 Å². The van der Waals surface area contributed by atoms with Crippen molar-refractivity contribution in [3.8, 4) is 0 Å². The zero-order valence-electron chi connectivity index (χ0n) is 15.7. The van der Waals surface area contributed by atoms with E-state index in [-0.39, 0.29) is 29.8 Å². The highest BCUT2D eigenvalue weighted by Crippen LogP contribution is 2.32. The number of nitrogens with zero attached hydrogens (tertiary/aromatic N) is 4. The number of carbonyl (C=O) groups is 2. The Labute approximate surface area is 151 Å². The lowest BCUT2D eigenvalue weighted by atomic mass is 9.83. The van der Waals surface area contributed by atoms with Gasteiger partial charge < -0.3 is 15.5 Å². The zero-order valence-corrected chi connectivity index (χ0v) is 15.7. The van der Waals surface area contributed by atoms with Crippen molar-refractivity contribution in [3.05, 3.63) is 0 Å². The molecule has 0 aliphatic carbocycles. The van der Waals surface area contributed by atoms with Gasteiger partial charge >= 0.3 is 0 Å². The number of nitrogens with two attached hydrogens (primary N) is 1. The minimum absolute atomic E-state index is 0.0137. The highest BCUT2D eigenvalue weighted by atomic mass is 16.2. The van der Waals surface area contributed by atoms with Crippen molar-refractivity contribution in [2.75, 3.05) is 66.5 Å². The van der Waals surface area contributed by atoms with E-state index in [2.05, 4.69) is 28.8 Å². The second-order valence-electron chi connectivity index (χ2n) is 8.25. The first-order valence-electron chi connectivity index (χ1n) is 9.59. The van der Waals surface area contributed by atoms with Crippen LogP contribution in [0.3, 0.4) is 0 Å². The van der Waals surface area contributed by atoms with Gasteiger partial charge in [0.25, 0.3) is 0 Å². The molecule has 3 aliphatic rings. The van der Waals surface area contributed by atoms with Crippen LogP contribution in [0.15, 0.2) is 0 Å². The van der Waals surface area contributed by atoms with Gasteiger partial charge in [0.2, 0.25) is 11.8 Å². The van der Waals surface area contributed by atoms with E-state index in [1.54, 1.807) is 0 Å². The third-order valence-electron chi connectivity index (χ3n) is 6.46. The molecule has 2 N–H and O–H groups in total. The van der Waals surface area contributed by atoms with Crippen molar-refractivity contribution in [1.82, 2.24) is 19.6 Å². The molecule has 0 aromatic rings. The number of piperidine rings is 2. The number of amides is 2. The van der Waals surface area contributed by atoms with Gasteiger partial charge in [-0.05, 0) is 59.4 Å². The number of rotatable bonds is 3. The van der Waals surface area contributed by atoms with Gasteiger partial charge in [0.05, 0.1) is 12.5 Å². The monoisotopic (exact) mass is 351 g/mol. The number of likely N-dealkylation sites (N-methyl/N-ethyl adjacent to an activating group) is 1. The molecule has 0 aromatic heterocycles. The normalized spacial score (nSPS) is 29.0. The first kappa shape index (κ1) is 18.6. The molecule has 0 bridgehead atoms. The Morgan fingerprint density at radius 1 is 1.08 bits per heavy atom. The van der Waals surface area contributed by atoms with Crippen LogP contribution in [0.4, 0.5) is 0 Å². The van der Waals surface area contributed by atoms with E-state index in [0.29, 0.717) is 6.54 Å². The number of hydrogen-bond donors (Lipinski definition) is 1. The van der Waals surface area contributed by atoms with E-state index in [0.717, 1.165) is 65.0 Å². The standard InChI is InChI=1S/C18H33N5O2/c1-20-8-5-18(6-9-20)14-23(11-10-21(18)2)17(25)15-4-3-7-22(12-15)13-16(19)24/h15H,3-14H2,1-2H3,(H2,19,24)/t15-/m1/s1. The Balaban J connectivity index is 1.63. The lowest BCUT2D eigenvalue weighted by Gasteiger charge is -2.53. The molecule has 1 atom stereocenters. The summed E-state index contributed by atoms with van der Waals surface area (Å²) in [6, 6.07) is 0. The van der Waals surface area contributed by atoms with E-state index < -0.39 is 0 Å². The van der Waals surface area contributed by atoms with Crippen LogP contribution in [0.1, 0.15) is 25.7 Å². The summed E-state index contributed by atoms with van der Waals surface area (Å²) < 4.78 is 0. The molecule has 7 heteroatoms. The Morgan fingerprint density at radius 2 is 1.80 bits per heavy atom. The molecule has 25 heavy (non-hydrogen) atoms. The molecule has 3 aliphatic heterocycles. The van der Waals surface area contributed by atoms with Gasteiger partial charge in [-0.3, -0.25) is 19.4 Å². The minimum Gasteiger partial charge on any atom is -0.369 e. The van der Waals surface area contributed by atoms with Crippen LogP contribution in [0.25, 0.3) is 0 Å². The van der Waals surface area contributed by atoms with Crippen LogP contribution in [-0.4, -0.2) is 103 Å². The van der Waals surface area contributed by atoms with Crippen LogP contribution < -0.4 is 5.73 Å². The minimum atomic E-state index is -0.307. The molecule has 142 valence electrons. The van der Waals surface area contributed by atoms with Gasteiger partial charge in [-0.2, -0.15) is 0 Å². The van der Waals surface area contributed by atoms with Crippen molar-refractivity contribution in [3.63, 3.8) is 0 Å². The second-order valence-corrected chi connectivity index (χ2v) is 8.25. The van der Waals surface area contributed by atoms with E-state index in [1.165, 1.54) is 0 Å². The number of primary amides is 1. The molecule has 1 spiro atoms. The molecule has 3 rings (SSSR count). The number of likely N-dealkylation sites (tertiary alicyclic amines) is 2. The first-order chi connectivity index (χ1) is 11.9. The predicted molar refractivity (Wildman–Crippen MR) is 97.0 cm³/mol. The summed E-state index contributed by atoms with van der Waals surface area (Å²) in [7, 11) is 4.39. The van der Waals surface area contributed by atoms with E-state index in [4.69, 9.17) is 5.73 Å². The largest absolute Gasteiger partial charge is 0.369 e. The summed E-state index contributed by atoms with van der Waals surface area (Å²) in [6.07, 6.45) is 4.15. The maximum Gasteiger partial charge on any atom is 0.231 e. The highest BCUT2D eigenvalue weighted by molar-refractivity contribution is 5.80. The highest BCUT2D eigenvalue weighted by Gasteiger charge is 2.43. The quantitative estimate of drug-likeness (QED) is 0.737. The summed E-state index contributed by atoms with van der Waals surface area (Å²) >= 11 is 0. The average Bonchev–Trinajstić information content (AvgIpc) is 2.59. The van der Waals surface area contributed by atoms with Crippen LogP contribution in [0, 0.1) is 5.92 Å². The summed E-state index contributed by atoms with van der Waals surface area (Å²) in [5.74, 6) is -0.0154. The van der Waals surface area contributed by atoms with Crippen molar-refractivity contribution in [2.45, 2.75) is 31.2 Å². The van der Waals surface area contributed by atoms with Crippen LogP contribution >= 0.6 is 0 Å². The number of carbonyl (C=O) groups excluding carboxylic acids is 2. The Kier molecular flexibility index (Phi) is 5.65. The fourth-order valence-corrected chi connectivity index (χ4v) is 4.70. The number of piperazine rings is 1. The van der Waals surface area contributed by atoms with E-state index in [1.807, 2.05) is 4.90 Å². The lowest BCUT2D eigenvalue weighted by molar-refractivity contribution is -0.144. The molecule has 3 fully saturated rings. The second kappa shape index (κ2) is 7.60.